The first-order valence-electron chi connectivity index (χ1n) is 9.06. The predicted octanol–water partition coefficient (Wildman–Crippen LogP) is 4.41. The molecule has 1 aromatic carbocycles. The summed E-state index contributed by atoms with van der Waals surface area (Å²) in [5.74, 6) is 2.42. The van der Waals surface area contributed by atoms with E-state index >= 15 is 0 Å². The molecule has 0 saturated heterocycles. The second-order valence-electron chi connectivity index (χ2n) is 8.13. The average molecular weight is 363 g/mol. The topological polar surface area (TPSA) is 38.7 Å². The lowest BCUT2D eigenvalue weighted by Crippen LogP contribution is -2.45. The third-order valence-corrected chi connectivity index (χ3v) is 9.43. The minimum absolute atomic E-state index is 0.0190. The Labute approximate surface area is 154 Å². The van der Waals surface area contributed by atoms with Gasteiger partial charge in [0, 0.05) is 12.5 Å². The molecule has 2 unspecified atom stereocenters. The van der Waals surface area contributed by atoms with Gasteiger partial charge in [-0.2, -0.15) is 0 Å². The van der Waals surface area contributed by atoms with Gasteiger partial charge < -0.3 is 14.3 Å². The van der Waals surface area contributed by atoms with Crippen molar-refractivity contribution in [3.05, 3.63) is 35.9 Å². The lowest BCUT2D eigenvalue weighted by molar-refractivity contribution is 0.0176. The number of rotatable bonds is 10. The van der Waals surface area contributed by atoms with Crippen molar-refractivity contribution >= 4 is 8.32 Å². The Morgan fingerprint density at radius 3 is 2.40 bits per heavy atom. The second-order valence-corrected chi connectivity index (χ2v) is 12.9. The summed E-state index contributed by atoms with van der Waals surface area (Å²) >= 11 is 0. The number of aliphatic hydroxyl groups excluding tert-OH is 1. The van der Waals surface area contributed by atoms with E-state index in [9.17, 15) is 5.11 Å². The maximum atomic E-state index is 10.3. The van der Waals surface area contributed by atoms with E-state index in [1.54, 1.807) is 0 Å². The van der Waals surface area contributed by atoms with Gasteiger partial charge in [-0.3, -0.25) is 0 Å². The van der Waals surface area contributed by atoms with Crippen LogP contribution in [-0.4, -0.2) is 38.8 Å². The Kier molecular flexibility index (Phi) is 8.88. The normalized spacial score (nSPS) is 14.8. The Balaban J connectivity index is 2.70. The van der Waals surface area contributed by atoms with E-state index in [-0.39, 0.29) is 24.4 Å². The van der Waals surface area contributed by atoms with Crippen LogP contribution in [0.15, 0.2) is 30.3 Å². The summed E-state index contributed by atoms with van der Waals surface area (Å²) in [7, 11) is -1.90. The number of terminal acetylenes is 1. The van der Waals surface area contributed by atoms with Crippen LogP contribution in [0.5, 0.6) is 0 Å². The Morgan fingerprint density at radius 2 is 1.84 bits per heavy atom. The zero-order valence-corrected chi connectivity index (χ0v) is 17.4. The summed E-state index contributed by atoms with van der Waals surface area (Å²) in [6.07, 6.45) is 7.05. The van der Waals surface area contributed by atoms with Crippen molar-refractivity contribution in [3.8, 4) is 12.3 Å². The van der Waals surface area contributed by atoms with Crippen molar-refractivity contribution in [1.29, 1.82) is 0 Å². The van der Waals surface area contributed by atoms with Gasteiger partial charge in [-0.1, -0.05) is 57.0 Å². The molecule has 0 saturated carbocycles. The quantitative estimate of drug-likeness (QED) is 0.381. The van der Waals surface area contributed by atoms with Crippen molar-refractivity contribution in [2.45, 2.75) is 70.4 Å². The molecule has 0 radical (unpaired) electrons. The number of hydrogen-bond acceptors (Lipinski definition) is 3. The number of aryl methyl sites for hydroxylation is 1. The first kappa shape index (κ1) is 21.9. The lowest BCUT2D eigenvalue weighted by Gasteiger charge is -2.40. The summed E-state index contributed by atoms with van der Waals surface area (Å²) in [5.41, 5.74) is 1.30. The molecule has 1 aromatic rings. The fourth-order valence-electron chi connectivity index (χ4n) is 2.42. The van der Waals surface area contributed by atoms with Gasteiger partial charge in [-0.25, -0.2) is 0 Å². The molecule has 0 aliphatic heterocycles. The molecule has 0 heterocycles. The minimum Gasteiger partial charge on any atom is -0.414 e. The van der Waals surface area contributed by atoms with Gasteiger partial charge >= 0.3 is 0 Å². The molecule has 1 N–H and O–H groups in total. The number of hydrogen-bond donors (Lipinski definition) is 1. The monoisotopic (exact) mass is 362 g/mol. The average Bonchev–Trinajstić information content (AvgIpc) is 2.52. The summed E-state index contributed by atoms with van der Waals surface area (Å²) in [5, 5.41) is 10.4. The van der Waals surface area contributed by atoms with E-state index in [1.165, 1.54) is 5.56 Å². The van der Waals surface area contributed by atoms with Crippen LogP contribution in [0.3, 0.4) is 0 Å². The summed E-state index contributed by atoms with van der Waals surface area (Å²) in [6, 6.07) is 10.4. The zero-order chi connectivity index (χ0) is 18.9. The van der Waals surface area contributed by atoms with Crippen LogP contribution in [0.4, 0.5) is 0 Å². The summed E-state index contributed by atoms with van der Waals surface area (Å²) in [6.45, 7) is 11.7. The van der Waals surface area contributed by atoms with Crippen molar-refractivity contribution in [2.24, 2.45) is 0 Å². The first-order chi connectivity index (χ1) is 11.7. The molecule has 0 bridgehead atoms. The molecular weight excluding hydrogens is 328 g/mol. The second kappa shape index (κ2) is 10.1. The highest BCUT2D eigenvalue weighted by Crippen LogP contribution is 2.38. The van der Waals surface area contributed by atoms with Crippen LogP contribution < -0.4 is 0 Å². The van der Waals surface area contributed by atoms with Crippen molar-refractivity contribution in [2.75, 3.05) is 13.2 Å². The molecule has 0 aliphatic rings. The van der Waals surface area contributed by atoms with Gasteiger partial charge in [0.2, 0.25) is 0 Å². The maximum absolute atomic E-state index is 10.3. The van der Waals surface area contributed by atoms with Gasteiger partial charge in [-0.05, 0) is 36.5 Å². The molecular formula is C21H34O3Si. The van der Waals surface area contributed by atoms with Crippen LogP contribution in [0.2, 0.25) is 18.1 Å². The minimum atomic E-state index is -1.90. The Morgan fingerprint density at radius 1 is 1.20 bits per heavy atom. The molecule has 3 nitrogen and oxygen atoms in total. The molecule has 4 heteroatoms. The van der Waals surface area contributed by atoms with E-state index in [4.69, 9.17) is 15.6 Å². The summed E-state index contributed by atoms with van der Waals surface area (Å²) < 4.78 is 11.9. The van der Waals surface area contributed by atoms with E-state index in [2.05, 4.69) is 64.1 Å². The van der Waals surface area contributed by atoms with E-state index in [1.807, 2.05) is 6.07 Å². The van der Waals surface area contributed by atoms with Crippen LogP contribution in [0.1, 0.15) is 39.2 Å². The van der Waals surface area contributed by atoms with Gasteiger partial charge in [0.05, 0.1) is 12.7 Å². The van der Waals surface area contributed by atoms with Crippen molar-refractivity contribution < 1.29 is 14.3 Å². The molecule has 140 valence electrons. The lowest BCUT2D eigenvalue weighted by atomic mass is 10.0. The molecule has 0 spiro atoms. The molecule has 0 aromatic heterocycles. The fourth-order valence-corrected chi connectivity index (χ4v) is 3.82. The first-order valence-corrected chi connectivity index (χ1v) is 12.0. The number of ether oxygens (including phenoxy) is 1. The van der Waals surface area contributed by atoms with Gasteiger partial charge in [-0.15, -0.1) is 6.42 Å². The third kappa shape index (κ3) is 8.20. The molecule has 0 aliphatic carbocycles. The van der Waals surface area contributed by atoms with Crippen LogP contribution in [0, 0.1) is 12.3 Å². The molecule has 0 amide bonds. The van der Waals surface area contributed by atoms with Gasteiger partial charge in [0.25, 0.3) is 0 Å². The largest absolute Gasteiger partial charge is 0.414 e. The van der Waals surface area contributed by atoms with Gasteiger partial charge in [0.15, 0.2) is 8.32 Å². The van der Waals surface area contributed by atoms with E-state index in [0.717, 1.165) is 12.8 Å². The zero-order valence-electron chi connectivity index (χ0n) is 16.4. The highest BCUT2D eigenvalue weighted by atomic mass is 28.4. The SMILES string of the molecule is C#CCOCC(O)CC(CCc1ccccc1)O[Si](C)(C)C(C)(C)C. The molecule has 2 atom stereocenters. The Hall–Kier alpha value is -1.12. The van der Waals surface area contributed by atoms with Crippen LogP contribution >= 0.6 is 0 Å². The summed E-state index contributed by atoms with van der Waals surface area (Å²) in [4.78, 5) is 0. The third-order valence-electron chi connectivity index (χ3n) is 4.90. The molecule has 0 fully saturated rings. The number of aliphatic hydroxyl groups is 1. The van der Waals surface area contributed by atoms with Crippen molar-refractivity contribution in [1.82, 2.24) is 0 Å². The van der Waals surface area contributed by atoms with E-state index in [0.29, 0.717) is 6.42 Å². The fraction of sp³-hybridized carbons (Fsp3) is 0.619. The molecule has 1 rings (SSSR count). The molecule has 25 heavy (non-hydrogen) atoms. The van der Waals surface area contributed by atoms with Crippen LogP contribution in [0.25, 0.3) is 0 Å². The highest BCUT2D eigenvalue weighted by Gasteiger charge is 2.39. The standard InChI is InChI=1S/C21H34O3Si/c1-7-15-23-17-19(22)16-20(24-25(5,6)21(2,3)4)14-13-18-11-9-8-10-12-18/h1,8-12,19-20,22H,13-17H2,2-6H3. The Bertz CT molecular complexity index is 528. The highest BCUT2D eigenvalue weighted by molar-refractivity contribution is 6.74. The maximum Gasteiger partial charge on any atom is 0.192 e. The van der Waals surface area contributed by atoms with Crippen LogP contribution in [-0.2, 0) is 15.6 Å². The van der Waals surface area contributed by atoms with E-state index < -0.39 is 14.4 Å². The smallest absolute Gasteiger partial charge is 0.192 e. The number of benzene rings is 1. The van der Waals surface area contributed by atoms with Crippen molar-refractivity contribution in [3.63, 3.8) is 0 Å². The van der Waals surface area contributed by atoms with Gasteiger partial charge in [0.1, 0.15) is 6.61 Å². The predicted molar refractivity (Wildman–Crippen MR) is 107 cm³/mol.